The van der Waals surface area contributed by atoms with Crippen LogP contribution in [0.2, 0.25) is 0 Å². The van der Waals surface area contributed by atoms with Gasteiger partial charge in [0.2, 0.25) is 0 Å². The number of Topliss-reactive ketones (excluding diaryl/α,β-unsaturated/α-hetero) is 1. The standard InChI is InChI=1S/C15H18O3/c1-2-3-9-6-14-12(8-13(9)17)11-5-4-10(16)7-15(11)18-14/h6,8,11,15,17H,2-5,7H2,1H3. The zero-order valence-electron chi connectivity index (χ0n) is 10.6. The number of phenols is 1. The minimum absolute atomic E-state index is 0.00229. The SMILES string of the molecule is CCCc1cc2c(cc1O)C1CCC(=O)CC1O2. The molecule has 96 valence electrons. The molecular weight excluding hydrogens is 228 g/mol. The number of hydrogen-bond acceptors (Lipinski definition) is 3. The first kappa shape index (κ1) is 11.6. The predicted octanol–water partition coefficient (Wildman–Crippen LogP) is 2.94. The number of aryl methyl sites for hydroxylation is 1. The molecule has 3 rings (SSSR count). The molecule has 1 aromatic rings. The molecule has 1 N–H and O–H groups in total. The van der Waals surface area contributed by atoms with Gasteiger partial charge >= 0.3 is 0 Å². The molecule has 1 aromatic carbocycles. The normalized spacial score (nSPS) is 25.5. The van der Waals surface area contributed by atoms with E-state index in [-0.39, 0.29) is 6.10 Å². The summed E-state index contributed by atoms with van der Waals surface area (Å²) in [7, 11) is 0. The predicted molar refractivity (Wildman–Crippen MR) is 68.1 cm³/mol. The molecule has 2 aliphatic rings. The molecule has 1 aliphatic heterocycles. The molecule has 1 aliphatic carbocycles. The molecule has 1 saturated carbocycles. The van der Waals surface area contributed by atoms with Crippen molar-refractivity contribution in [2.75, 3.05) is 0 Å². The van der Waals surface area contributed by atoms with Crippen molar-refractivity contribution >= 4 is 5.78 Å². The van der Waals surface area contributed by atoms with Gasteiger partial charge in [-0.25, -0.2) is 0 Å². The number of fused-ring (bicyclic) bond motifs is 3. The maximum absolute atomic E-state index is 11.5. The minimum Gasteiger partial charge on any atom is -0.508 e. The Labute approximate surface area is 107 Å². The Kier molecular flexibility index (Phi) is 2.77. The molecule has 2 unspecified atom stereocenters. The number of phenolic OH excluding ortho intramolecular Hbond substituents is 1. The third-order valence-corrected chi connectivity index (χ3v) is 4.02. The average Bonchev–Trinajstić information content (AvgIpc) is 2.66. The molecule has 0 saturated heterocycles. The van der Waals surface area contributed by atoms with Crippen molar-refractivity contribution in [3.63, 3.8) is 0 Å². The van der Waals surface area contributed by atoms with E-state index in [9.17, 15) is 9.90 Å². The lowest BCUT2D eigenvalue weighted by Gasteiger charge is -2.22. The Morgan fingerprint density at radius 1 is 1.44 bits per heavy atom. The van der Waals surface area contributed by atoms with Crippen molar-refractivity contribution in [1.82, 2.24) is 0 Å². The molecule has 18 heavy (non-hydrogen) atoms. The van der Waals surface area contributed by atoms with E-state index >= 15 is 0 Å². The fourth-order valence-electron chi connectivity index (χ4n) is 3.10. The van der Waals surface area contributed by atoms with Crippen LogP contribution in [0.3, 0.4) is 0 Å². The first-order chi connectivity index (χ1) is 8.69. The van der Waals surface area contributed by atoms with Gasteiger partial charge in [0.05, 0.1) is 0 Å². The van der Waals surface area contributed by atoms with Crippen LogP contribution in [-0.2, 0) is 11.2 Å². The molecular formula is C15H18O3. The lowest BCUT2D eigenvalue weighted by atomic mass is 9.82. The Balaban J connectivity index is 1.95. The van der Waals surface area contributed by atoms with Gasteiger partial charge < -0.3 is 9.84 Å². The maximum atomic E-state index is 11.5. The molecule has 0 aromatic heterocycles. The monoisotopic (exact) mass is 246 g/mol. The summed E-state index contributed by atoms with van der Waals surface area (Å²) >= 11 is 0. The van der Waals surface area contributed by atoms with Crippen molar-refractivity contribution in [1.29, 1.82) is 0 Å². The van der Waals surface area contributed by atoms with Gasteiger partial charge in [0.1, 0.15) is 23.4 Å². The molecule has 3 nitrogen and oxygen atoms in total. The molecule has 0 bridgehead atoms. The number of rotatable bonds is 2. The summed E-state index contributed by atoms with van der Waals surface area (Å²) < 4.78 is 5.89. The highest BCUT2D eigenvalue weighted by Crippen LogP contribution is 2.46. The molecule has 1 fully saturated rings. The van der Waals surface area contributed by atoms with Crippen molar-refractivity contribution in [2.24, 2.45) is 0 Å². The van der Waals surface area contributed by atoms with Crippen LogP contribution < -0.4 is 4.74 Å². The van der Waals surface area contributed by atoms with E-state index in [0.717, 1.165) is 36.1 Å². The summed E-state index contributed by atoms with van der Waals surface area (Å²) in [5, 5.41) is 10.0. The number of aromatic hydroxyl groups is 1. The third kappa shape index (κ3) is 1.78. The smallest absolute Gasteiger partial charge is 0.136 e. The van der Waals surface area contributed by atoms with Gasteiger partial charge in [-0.3, -0.25) is 4.79 Å². The number of carbonyl (C=O) groups is 1. The van der Waals surface area contributed by atoms with Crippen LogP contribution in [0.5, 0.6) is 11.5 Å². The molecule has 0 spiro atoms. The number of ketones is 1. The van der Waals surface area contributed by atoms with Crippen LogP contribution in [0.4, 0.5) is 0 Å². The van der Waals surface area contributed by atoms with Gasteiger partial charge in [-0.1, -0.05) is 13.3 Å². The summed E-state index contributed by atoms with van der Waals surface area (Å²) in [6.07, 6.45) is 3.86. The van der Waals surface area contributed by atoms with Gasteiger partial charge in [0.15, 0.2) is 0 Å². The van der Waals surface area contributed by atoms with E-state index in [2.05, 4.69) is 6.92 Å². The number of carbonyl (C=O) groups excluding carboxylic acids is 1. The zero-order valence-corrected chi connectivity index (χ0v) is 10.6. The first-order valence-electron chi connectivity index (χ1n) is 6.73. The van der Waals surface area contributed by atoms with Crippen LogP contribution in [0.25, 0.3) is 0 Å². The van der Waals surface area contributed by atoms with E-state index in [0.29, 0.717) is 30.3 Å². The second-order valence-electron chi connectivity index (χ2n) is 5.31. The van der Waals surface area contributed by atoms with Gasteiger partial charge in [0.25, 0.3) is 0 Å². The van der Waals surface area contributed by atoms with Gasteiger partial charge in [-0.2, -0.15) is 0 Å². The summed E-state index contributed by atoms with van der Waals surface area (Å²) in [4.78, 5) is 11.5. The Bertz CT molecular complexity index is 493. The zero-order chi connectivity index (χ0) is 12.7. The fourth-order valence-corrected chi connectivity index (χ4v) is 3.10. The highest BCUT2D eigenvalue weighted by Gasteiger charge is 2.39. The third-order valence-electron chi connectivity index (χ3n) is 4.02. The topological polar surface area (TPSA) is 46.5 Å². The molecule has 2 atom stereocenters. The number of benzene rings is 1. The summed E-state index contributed by atoms with van der Waals surface area (Å²) in [5.74, 6) is 1.83. The van der Waals surface area contributed by atoms with Crippen LogP contribution in [0, 0.1) is 0 Å². The van der Waals surface area contributed by atoms with Crippen molar-refractivity contribution in [3.05, 3.63) is 23.3 Å². The second kappa shape index (κ2) is 4.30. The molecule has 1 heterocycles. The second-order valence-corrected chi connectivity index (χ2v) is 5.31. The maximum Gasteiger partial charge on any atom is 0.136 e. The largest absolute Gasteiger partial charge is 0.508 e. The van der Waals surface area contributed by atoms with Gasteiger partial charge in [0, 0.05) is 24.3 Å². The van der Waals surface area contributed by atoms with Crippen molar-refractivity contribution < 1.29 is 14.6 Å². The number of hydrogen-bond donors (Lipinski definition) is 1. The average molecular weight is 246 g/mol. The number of ether oxygens (including phenoxy) is 1. The van der Waals surface area contributed by atoms with E-state index < -0.39 is 0 Å². The summed E-state index contributed by atoms with van der Waals surface area (Å²) in [6, 6.07) is 3.80. The van der Waals surface area contributed by atoms with E-state index in [1.165, 1.54) is 0 Å². The lowest BCUT2D eigenvalue weighted by molar-refractivity contribution is -0.122. The Morgan fingerprint density at radius 3 is 3.06 bits per heavy atom. The lowest BCUT2D eigenvalue weighted by Crippen LogP contribution is -2.27. The van der Waals surface area contributed by atoms with Crippen LogP contribution in [-0.4, -0.2) is 17.0 Å². The van der Waals surface area contributed by atoms with E-state index in [1.807, 2.05) is 12.1 Å². The van der Waals surface area contributed by atoms with Crippen molar-refractivity contribution in [2.45, 2.75) is 51.0 Å². The highest BCUT2D eigenvalue weighted by atomic mass is 16.5. The Hall–Kier alpha value is -1.51. The van der Waals surface area contributed by atoms with E-state index in [4.69, 9.17) is 4.74 Å². The first-order valence-corrected chi connectivity index (χ1v) is 6.73. The quantitative estimate of drug-likeness (QED) is 0.872. The molecule has 3 heteroatoms. The summed E-state index contributed by atoms with van der Waals surface area (Å²) in [5.41, 5.74) is 2.03. The van der Waals surface area contributed by atoms with E-state index in [1.54, 1.807) is 0 Å². The molecule has 0 radical (unpaired) electrons. The van der Waals surface area contributed by atoms with Crippen LogP contribution in [0.15, 0.2) is 12.1 Å². The van der Waals surface area contributed by atoms with Crippen molar-refractivity contribution in [3.8, 4) is 11.5 Å². The van der Waals surface area contributed by atoms with Gasteiger partial charge in [-0.15, -0.1) is 0 Å². The molecule has 0 amide bonds. The summed E-state index contributed by atoms with van der Waals surface area (Å²) in [6.45, 7) is 2.09. The fraction of sp³-hybridized carbons (Fsp3) is 0.533. The Morgan fingerprint density at radius 2 is 2.28 bits per heavy atom. The van der Waals surface area contributed by atoms with Crippen LogP contribution in [0.1, 0.15) is 49.7 Å². The minimum atomic E-state index is -0.00229. The van der Waals surface area contributed by atoms with Crippen LogP contribution >= 0.6 is 0 Å². The highest BCUT2D eigenvalue weighted by molar-refractivity contribution is 5.80. The van der Waals surface area contributed by atoms with Gasteiger partial charge in [-0.05, 0) is 30.5 Å².